The maximum Gasteiger partial charge on any atom is 0.338 e. The van der Waals surface area contributed by atoms with E-state index in [0.29, 0.717) is 29.0 Å². The van der Waals surface area contributed by atoms with E-state index >= 15 is 0 Å². The van der Waals surface area contributed by atoms with E-state index in [-0.39, 0.29) is 17.9 Å². The topological polar surface area (TPSA) is 87.8 Å². The first-order valence-electron chi connectivity index (χ1n) is 12.7. The number of benzene rings is 2. The Morgan fingerprint density at radius 2 is 1.97 bits per heavy atom. The van der Waals surface area contributed by atoms with E-state index < -0.39 is 0 Å². The molecule has 0 spiro atoms. The van der Waals surface area contributed by atoms with E-state index in [4.69, 9.17) is 4.74 Å². The third-order valence-electron chi connectivity index (χ3n) is 6.49. The number of allylic oxidation sites excluding steroid dienone is 1. The van der Waals surface area contributed by atoms with Crippen molar-refractivity contribution in [2.75, 3.05) is 38.6 Å². The number of rotatable bonds is 11. The molecule has 0 saturated carbocycles. The van der Waals surface area contributed by atoms with Crippen LogP contribution in [-0.2, 0) is 4.74 Å². The van der Waals surface area contributed by atoms with Crippen molar-refractivity contribution in [3.05, 3.63) is 94.3 Å². The third kappa shape index (κ3) is 7.30. The average Bonchev–Trinajstić information content (AvgIpc) is 3.38. The van der Waals surface area contributed by atoms with Crippen LogP contribution >= 0.6 is 0 Å². The predicted octanol–water partition coefficient (Wildman–Crippen LogP) is 4.56. The van der Waals surface area contributed by atoms with Crippen molar-refractivity contribution in [3.63, 3.8) is 0 Å². The third-order valence-corrected chi connectivity index (χ3v) is 6.49. The Bertz CT molecular complexity index is 1230. The summed E-state index contributed by atoms with van der Waals surface area (Å²) in [6.07, 6.45) is 9.92. The first-order valence-corrected chi connectivity index (χ1v) is 12.7. The van der Waals surface area contributed by atoms with Gasteiger partial charge in [-0.25, -0.2) is 9.37 Å². The lowest BCUT2D eigenvalue weighted by Gasteiger charge is -2.26. The molecule has 2 aliphatic heterocycles. The SMILES string of the molecule is Cc1cc(C(=O)Nc2cccc(C(C)[N-]C=CNC3=C[N+](C)=C3)c2)ccc1C(=O)OCCN1CCCC1. The van der Waals surface area contributed by atoms with Gasteiger partial charge in [0.25, 0.3) is 5.91 Å². The molecular weight excluding hydrogens is 466 g/mol. The van der Waals surface area contributed by atoms with Crippen LogP contribution in [0.4, 0.5) is 5.69 Å². The lowest BCUT2D eigenvalue weighted by Crippen LogP contribution is -2.25. The summed E-state index contributed by atoms with van der Waals surface area (Å²) >= 11 is 0. The van der Waals surface area contributed by atoms with Gasteiger partial charge in [-0.05, 0) is 75.0 Å². The number of aryl methyl sites for hydroxylation is 1. The molecule has 0 bridgehead atoms. The molecule has 8 heteroatoms. The number of amides is 1. The van der Waals surface area contributed by atoms with Crippen LogP contribution in [0.1, 0.15) is 57.7 Å². The van der Waals surface area contributed by atoms with E-state index in [9.17, 15) is 9.59 Å². The predicted molar refractivity (Wildman–Crippen MR) is 146 cm³/mol. The zero-order chi connectivity index (χ0) is 26.2. The molecule has 2 aromatic rings. The molecule has 1 amide bonds. The number of carbonyl (C=O) groups excluding carboxylic acids is 2. The summed E-state index contributed by atoms with van der Waals surface area (Å²) < 4.78 is 7.43. The molecule has 1 fully saturated rings. The molecule has 0 aliphatic carbocycles. The van der Waals surface area contributed by atoms with Crippen molar-refractivity contribution in [1.82, 2.24) is 10.2 Å². The number of anilines is 1. The summed E-state index contributed by atoms with van der Waals surface area (Å²) in [6.45, 7) is 7.10. The highest BCUT2D eigenvalue weighted by Gasteiger charge is 2.16. The van der Waals surface area contributed by atoms with Crippen LogP contribution in [0.25, 0.3) is 5.32 Å². The summed E-state index contributed by atoms with van der Waals surface area (Å²) in [4.78, 5) is 27.7. The highest BCUT2D eigenvalue weighted by molar-refractivity contribution is 6.05. The number of hydrogen-bond donors (Lipinski definition) is 2. The minimum atomic E-state index is -0.353. The maximum absolute atomic E-state index is 12.9. The normalized spacial score (nSPS) is 16.0. The van der Waals surface area contributed by atoms with Crippen LogP contribution in [0.15, 0.2) is 66.8 Å². The van der Waals surface area contributed by atoms with Crippen molar-refractivity contribution in [3.8, 4) is 0 Å². The van der Waals surface area contributed by atoms with Crippen LogP contribution in [0.2, 0.25) is 0 Å². The fraction of sp³-hybridized carbons (Fsp3) is 0.345. The van der Waals surface area contributed by atoms with Crippen molar-refractivity contribution < 1.29 is 18.9 Å². The summed E-state index contributed by atoms with van der Waals surface area (Å²) in [6, 6.07) is 12.6. The zero-order valence-corrected chi connectivity index (χ0v) is 21.7. The van der Waals surface area contributed by atoms with Crippen LogP contribution in [-0.4, -0.2) is 60.9 Å². The first-order chi connectivity index (χ1) is 17.9. The number of carbonyl (C=O) groups is 2. The summed E-state index contributed by atoms with van der Waals surface area (Å²) in [5.41, 5.74) is 4.38. The van der Waals surface area contributed by atoms with E-state index in [0.717, 1.165) is 30.9 Å². The lowest BCUT2D eigenvalue weighted by atomic mass is 10.0. The maximum atomic E-state index is 12.9. The number of ether oxygens (including phenoxy) is 1. The molecule has 1 unspecified atom stereocenters. The second-order valence-corrected chi connectivity index (χ2v) is 9.46. The Morgan fingerprint density at radius 3 is 2.70 bits per heavy atom. The minimum absolute atomic E-state index is 0.0741. The summed E-state index contributed by atoms with van der Waals surface area (Å²) in [5.74, 6) is -0.592. The Morgan fingerprint density at radius 1 is 1.19 bits per heavy atom. The molecule has 2 aliphatic rings. The number of nitrogens with one attached hydrogen (secondary N) is 2. The summed E-state index contributed by atoms with van der Waals surface area (Å²) in [7, 11) is 1.97. The molecule has 0 radical (unpaired) electrons. The molecule has 0 aromatic heterocycles. The minimum Gasteiger partial charge on any atom is -0.683 e. The van der Waals surface area contributed by atoms with Gasteiger partial charge in [0.1, 0.15) is 13.7 Å². The fourth-order valence-corrected chi connectivity index (χ4v) is 4.36. The van der Waals surface area contributed by atoms with Gasteiger partial charge in [-0.3, -0.25) is 9.69 Å². The molecule has 8 nitrogen and oxygen atoms in total. The molecule has 37 heavy (non-hydrogen) atoms. The van der Waals surface area contributed by atoms with Gasteiger partial charge in [-0.15, -0.1) is 0 Å². The Hall–Kier alpha value is -3.91. The van der Waals surface area contributed by atoms with Crippen molar-refractivity contribution in [2.45, 2.75) is 32.7 Å². The van der Waals surface area contributed by atoms with E-state index in [1.807, 2.05) is 62.2 Å². The number of likely N-dealkylation sites (tertiary alicyclic amines) is 1. The zero-order valence-electron chi connectivity index (χ0n) is 21.7. The van der Waals surface area contributed by atoms with E-state index in [2.05, 4.69) is 20.9 Å². The van der Waals surface area contributed by atoms with Crippen molar-refractivity contribution in [2.24, 2.45) is 0 Å². The van der Waals surface area contributed by atoms with Gasteiger partial charge in [0.2, 0.25) is 0 Å². The smallest absolute Gasteiger partial charge is 0.338 e. The average molecular weight is 502 g/mol. The van der Waals surface area contributed by atoms with Gasteiger partial charge >= 0.3 is 5.97 Å². The second-order valence-electron chi connectivity index (χ2n) is 9.46. The molecule has 2 heterocycles. The van der Waals surface area contributed by atoms with Crippen molar-refractivity contribution in [1.29, 1.82) is 0 Å². The highest BCUT2D eigenvalue weighted by Crippen LogP contribution is 2.25. The number of nitrogens with zero attached hydrogens (tertiary/aromatic N) is 3. The van der Waals surface area contributed by atoms with Crippen LogP contribution in [0.3, 0.4) is 0 Å². The molecule has 1 atom stereocenters. The van der Waals surface area contributed by atoms with Gasteiger partial charge in [0.05, 0.1) is 5.56 Å². The van der Waals surface area contributed by atoms with Gasteiger partial charge < -0.3 is 20.7 Å². The quantitative estimate of drug-likeness (QED) is 0.348. The van der Waals surface area contributed by atoms with Crippen LogP contribution in [0, 0.1) is 6.92 Å². The first kappa shape index (κ1) is 26.2. The Labute approximate surface area is 218 Å². The Kier molecular flexibility index (Phi) is 8.74. The van der Waals surface area contributed by atoms with Gasteiger partial charge in [0.15, 0.2) is 18.1 Å². The fourth-order valence-electron chi connectivity index (χ4n) is 4.36. The molecule has 4 rings (SSSR count). The molecule has 2 aromatic carbocycles. The van der Waals surface area contributed by atoms with Gasteiger partial charge in [0, 0.05) is 17.8 Å². The second kappa shape index (κ2) is 12.4. The largest absolute Gasteiger partial charge is 0.683 e. The number of esters is 1. The lowest BCUT2D eigenvalue weighted by molar-refractivity contribution is -0.429. The van der Waals surface area contributed by atoms with E-state index in [1.54, 1.807) is 30.6 Å². The monoisotopic (exact) mass is 501 g/mol. The van der Waals surface area contributed by atoms with Crippen molar-refractivity contribution >= 4 is 23.8 Å². The molecular formula is C29H35N5O3. The molecule has 1 saturated heterocycles. The van der Waals surface area contributed by atoms with Gasteiger partial charge in [-0.1, -0.05) is 30.7 Å². The molecule has 194 valence electrons. The van der Waals surface area contributed by atoms with Gasteiger partial charge in [-0.2, -0.15) is 6.20 Å². The summed E-state index contributed by atoms with van der Waals surface area (Å²) in [5, 5.41) is 10.6. The highest BCUT2D eigenvalue weighted by atomic mass is 16.5. The van der Waals surface area contributed by atoms with E-state index in [1.165, 1.54) is 12.8 Å². The standard InChI is InChI=1S/C29H35N5O3/c1-21-17-24(9-10-27(21)29(36)37-16-15-34-13-4-5-14-34)28(35)32-25-8-6-7-23(18-25)22(2)30-11-12-31-26-19-33(3)20-26/h6-12,17-20,22H,4-5,13-16H2,1-3H3,(H2-,30,31,32,35,36). The van der Waals surface area contributed by atoms with Crippen LogP contribution < -0.4 is 10.6 Å². The molecule has 2 N–H and O–H groups in total. The number of hydrogen-bond acceptors (Lipinski definition) is 5. The Balaban J connectivity index is 1.28. The van der Waals surface area contributed by atoms with Crippen LogP contribution in [0.5, 0.6) is 0 Å².